The van der Waals surface area contributed by atoms with Crippen LogP contribution in [0.2, 0.25) is 0 Å². The van der Waals surface area contributed by atoms with Crippen molar-refractivity contribution in [3.05, 3.63) is 17.6 Å². The first kappa shape index (κ1) is 19.8. The van der Waals surface area contributed by atoms with E-state index < -0.39 is 36.7 Å². The van der Waals surface area contributed by atoms with E-state index in [4.69, 9.17) is 16.2 Å². The summed E-state index contributed by atoms with van der Waals surface area (Å²) in [6.07, 6.45) is -0.112. The third-order valence-corrected chi connectivity index (χ3v) is 4.26. The number of nitrogens with two attached hydrogens (primary N) is 2. The highest BCUT2D eigenvalue weighted by molar-refractivity contribution is 7.98. The van der Waals surface area contributed by atoms with E-state index in [0.717, 1.165) is 5.75 Å². The van der Waals surface area contributed by atoms with Crippen LogP contribution in [0.3, 0.4) is 0 Å². The summed E-state index contributed by atoms with van der Waals surface area (Å²) in [4.78, 5) is 20.5. The number of anilines is 1. The first-order chi connectivity index (χ1) is 11.8. The molecular weight excluding hydrogens is 348 g/mol. The first-order valence-electron chi connectivity index (χ1n) is 7.79. The monoisotopic (exact) mass is 372 g/mol. The second-order valence-corrected chi connectivity index (χ2v) is 6.69. The van der Waals surface area contributed by atoms with Gasteiger partial charge in [0.1, 0.15) is 24.1 Å². The highest BCUT2D eigenvalue weighted by atomic mass is 32.2. The molecule has 8 N–H and O–H groups in total. The Morgan fingerprint density at radius 2 is 2.24 bits per heavy atom. The number of hydrogen-bond acceptors (Lipinski definition) is 11. The zero-order chi connectivity index (χ0) is 18.6. The number of aromatic nitrogens is 2. The van der Waals surface area contributed by atoms with Gasteiger partial charge in [-0.25, -0.2) is 15.3 Å². The molecule has 10 nitrogen and oxygen atoms in total. The highest BCUT2D eigenvalue weighted by Gasteiger charge is 2.31. The van der Waals surface area contributed by atoms with Gasteiger partial charge in [0.05, 0.1) is 18.0 Å². The Kier molecular flexibility index (Phi) is 6.93. The Hall–Kier alpha value is -1.50. The molecule has 0 fully saturated rings. The molecule has 25 heavy (non-hydrogen) atoms. The van der Waals surface area contributed by atoms with Gasteiger partial charge in [-0.3, -0.25) is 10.5 Å². The van der Waals surface area contributed by atoms with E-state index in [-0.39, 0.29) is 11.5 Å². The number of rotatable bonds is 7. The van der Waals surface area contributed by atoms with Crippen molar-refractivity contribution in [3.63, 3.8) is 0 Å². The molecule has 2 rings (SSSR count). The van der Waals surface area contributed by atoms with E-state index in [2.05, 4.69) is 20.6 Å². The molecule has 0 bridgehead atoms. The lowest BCUT2D eigenvalue weighted by Gasteiger charge is -2.31. The molecule has 0 aliphatic carbocycles. The molecule has 0 saturated carbocycles. The Bertz CT molecular complexity index is 605. The standard InChI is InChI=1S/C14H24N6O4S/c1-6(21)10(22)8-5-17-9-11(18-8)19-14(16)20-12(9)24-13(23)7(15)3-4-25-2/h5-7,10,12,14,20-22H,3-4,15-16H2,1-2H3,(H,18,19)/t6?,7-,10?,12?,14?/m0/s1. The minimum absolute atomic E-state index is 0.178. The zero-order valence-electron chi connectivity index (χ0n) is 14.0. The number of ether oxygens (including phenoxy) is 1. The Balaban J connectivity index is 2.16. The molecule has 140 valence electrons. The van der Waals surface area contributed by atoms with Crippen LogP contribution >= 0.6 is 11.8 Å². The fraction of sp³-hybridized carbons (Fsp3) is 0.643. The quantitative estimate of drug-likeness (QED) is 0.317. The molecule has 0 spiro atoms. The number of esters is 1. The topological polar surface area (TPSA) is 169 Å². The first-order valence-corrected chi connectivity index (χ1v) is 9.19. The number of aliphatic hydroxyl groups is 2. The van der Waals surface area contributed by atoms with Crippen LogP contribution in [0.15, 0.2) is 6.20 Å². The lowest BCUT2D eigenvalue weighted by Crippen LogP contribution is -2.52. The molecule has 1 aromatic heterocycles. The lowest BCUT2D eigenvalue weighted by atomic mass is 10.1. The van der Waals surface area contributed by atoms with Gasteiger partial charge in [-0.15, -0.1) is 0 Å². The molecule has 1 aromatic rings. The van der Waals surface area contributed by atoms with E-state index in [0.29, 0.717) is 12.1 Å². The molecule has 2 heterocycles. The predicted molar refractivity (Wildman–Crippen MR) is 93.2 cm³/mol. The Morgan fingerprint density at radius 3 is 2.88 bits per heavy atom. The zero-order valence-corrected chi connectivity index (χ0v) is 14.9. The van der Waals surface area contributed by atoms with Gasteiger partial charge in [0, 0.05) is 0 Å². The summed E-state index contributed by atoms with van der Waals surface area (Å²) in [7, 11) is 0. The summed E-state index contributed by atoms with van der Waals surface area (Å²) in [5.74, 6) is 0.437. The number of thioether (sulfide) groups is 1. The van der Waals surface area contributed by atoms with Crippen LogP contribution in [0.25, 0.3) is 0 Å². The lowest BCUT2D eigenvalue weighted by molar-refractivity contribution is -0.153. The maximum Gasteiger partial charge on any atom is 0.324 e. The number of nitrogens with one attached hydrogen (secondary N) is 2. The van der Waals surface area contributed by atoms with Crippen LogP contribution in [-0.2, 0) is 9.53 Å². The SMILES string of the molecule is CSCC[C@H](N)C(=O)OC1NC(N)Nc2nc(C(O)C(C)O)cnc21. The van der Waals surface area contributed by atoms with Gasteiger partial charge in [0.25, 0.3) is 0 Å². The van der Waals surface area contributed by atoms with Crippen LogP contribution < -0.4 is 22.1 Å². The van der Waals surface area contributed by atoms with Crippen LogP contribution in [-0.4, -0.2) is 56.6 Å². The second kappa shape index (κ2) is 8.74. The Labute approximate surface area is 149 Å². The van der Waals surface area contributed by atoms with Crippen molar-refractivity contribution in [3.8, 4) is 0 Å². The van der Waals surface area contributed by atoms with Crippen molar-refractivity contribution in [2.24, 2.45) is 11.5 Å². The van der Waals surface area contributed by atoms with Gasteiger partial charge in [0.2, 0.25) is 6.23 Å². The minimum Gasteiger partial charge on any atom is -0.439 e. The largest absolute Gasteiger partial charge is 0.439 e. The van der Waals surface area contributed by atoms with E-state index in [1.165, 1.54) is 13.1 Å². The number of aliphatic hydroxyl groups excluding tert-OH is 2. The van der Waals surface area contributed by atoms with Crippen LogP contribution in [0.4, 0.5) is 5.82 Å². The maximum atomic E-state index is 12.1. The molecule has 1 aliphatic rings. The number of carbonyl (C=O) groups is 1. The fourth-order valence-corrected chi connectivity index (χ4v) is 2.68. The molecule has 0 radical (unpaired) electrons. The number of carbonyl (C=O) groups excluding carboxylic acids is 1. The van der Waals surface area contributed by atoms with Crippen molar-refractivity contribution >= 4 is 23.5 Å². The summed E-state index contributed by atoms with van der Waals surface area (Å²) in [6.45, 7) is 1.44. The maximum absolute atomic E-state index is 12.1. The third-order valence-electron chi connectivity index (χ3n) is 3.62. The molecule has 11 heteroatoms. The molecular formula is C14H24N6O4S. The number of nitrogens with zero attached hydrogens (tertiary/aromatic N) is 2. The average molecular weight is 372 g/mol. The molecule has 1 aliphatic heterocycles. The van der Waals surface area contributed by atoms with Crippen molar-refractivity contribution < 1.29 is 19.7 Å². The van der Waals surface area contributed by atoms with Crippen molar-refractivity contribution in [1.29, 1.82) is 0 Å². The summed E-state index contributed by atoms with van der Waals surface area (Å²) in [5, 5.41) is 25.0. The molecule has 0 saturated heterocycles. The van der Waals surface area contributed by atoms with E-state index >= 15 is 0 Å². The van der Waals surface area contributed by atoms with Gasteiger partial charge in [0.15, 0.2) is 5.82 Å². The van der Waals surface area contributed by atoms with Gasteiger partial charge >= 0.3 is 5.97 Å². The van der Waals surface area contributed by atoms with E-state index in [9.17, 15) is 15.0 Å². The average Bonchev–Trinajstić information content (AvgIpc) is 2.57. The summed E-state index contributed by atoms with van der Waals surface area (Å²) >= 11 is 1.59. The smallest absolute Gasteiger partial charge is 0.324 e. The molecule has 0 aromatic carbocycles. The normalized spacial score (nSPS) is 23.1. The van der Waals surface area contributed by atoms with Crippen LogP contribution in [0.1, 0.15) is 37.1 Å². The van der Waals surface area contributed by atoms with Gasteiger partial charge in [-0.2, -0.15) is 11.8 Å². The molecule has 5 atom stereocenters. The fourth-order valence-electron chi connectivity index (χ4n) is 2.19. The van der Waals surface area contributed by atoms with Crippen molar-refractivity contribution in [1.82, 2.24) is 15.3 Å². The summed E-state index contributed by atoms with van der Waals surface area (Å²) in [6, 6.07) is -0.742. The van der Waals surface area contributed by atoms with Crippen LogP contribution in [0.5, 0.6) is 0 Å². The van der Waals surface area contributed by atoms with E-state index in [1.807, 2.05) is 6.26 Å². The molecule has 4 unspecified atom stereocenters. The summed E-state index contributed by atoms with van der Waals surface area (Å²) < 4.78 is 5.38. The highest BCUT2D eigenvalue weighted by Crippen LogP contribution is 2.27. The minimum atomic E-state index is -1.19. The third kappa shape index (κ3) is 5.00. The predicted octanol–water partition coefficient (Wildman–Crippen LogP) is -1.23. The second-order valence-electron chi connectivity index (χ2n) is 5.71. The number of fused-ring (bicyclic) bond motifs is 1. The van der Waals surface area contributed by atoms with E-state index in [1.54, 1.807) is 11.8 Å². The van der Waals surface area contributed by atoms with Gasteiger partial charge in [-0.1, -0.05) is 0 Å². The van der Waals surface area contributed by atoms with Crippen LogP contribution in [0, 0.1) is 0 Å². The van der Waals surface area contributed by atoms with Gasteiger partial charge < -0.3 is 26.0 Å². The van der Waals surface area contributed by atoms with Crippen molar-refractivity contribution in [2.75, 3.05) is 17.3 Å². The van der Waals surface area contributed by atoms with Gasteiger partial charge in [-0.05, 0) is 25.4 Å². The number of hydrogen-bond donors (Lipinski definition) is 6. The molecule has 0 amide bonds. The summed E-state index contributed by atoms with van der Waals surface area (Å²) in [5.41, 5.74) is 12.1. The van der Waals surface area contributed by atoms with Crippen molar-refractivity contribution in [2.45, 2.75) is 44.1 Å². The Morgan fingerprint density at radius 1 is 1.52 bits per heavy atom.